The van der Waals surface area contributed by atoms with Gasteiger partial charge >= 0.3 is 0 Å². The minimum absolute atomic E-state index is 0.134. The molecule has 0 amide bonds. The van der Waals surface area contributed by atoms with Gasteiger partial charge < -0.3 is 0 Å². The number of nitriles is 1. The number of nitrogens with zero attached hydrogens (tertiary/aromatic N) is 5. The summed E-state index contributed by atoms with van der Waals surface area (Å²) in [5.74, 6) is 1.03. The molecule has 150 valence electrons. The zero-order chi connectivity index (χ0) is 21.4. The van der Waals surface area contributed by atoms with Gasteiger partial charge in [-0.1, -0.05) is 59.8 Å². The molecule has 0 bridgehead atoms. The van der Waals surface area contributed by atoms with Crippen molar-refractivity contribution in [3.63, 3.8) is 0 Å². The van der Waals surface area contributed by atoms with Crippen LogP contribution in [-0.2, 0) is 5.75 Å². The van der Waals surface area contributed by atoms with Crippen LogP contribution in [0.25, 0.3) is 22.4 Å². The summed E-state index contributed by atoms with van der Waals surface area (Å²) in [4.78, 5) is 13.3. The summed E-state index contributed by atoms with van der Waals surface area (Å²) < 4.78 is 3.51. The third kappa shape index (κ3) is 3.27. The van der Waals surface area contributed by atoms with Crippen molar-refractivity contribution in [1.29, 1.82) is 5.26 Å². The molecule has 0 unspecified atom stereocenters. The Hall–Kier alpha value is -3.89. The summed E-state index contributed by atoms with van der Waals surface area (Å²) >= 11 is 1.49. The van der Waals surface area contributed by atoms with Crippen molar-refractivity contribution in [3.05, 3.63) is 99.8 Å². The molecular formula is C24H17N5OS. The maximum Gasteiger partial charge on any atom is 0.267 e. The lowest BCUT2D eigenvalue weighted by Crippen LogP contribution is -2.21. The molecule has 5 aromatic rings. The molecule has 2 heterocycles. The molecule has 5 rings (SSSR count). The molecule has 0 N–H and O–H groups in total. The number of fused-ring (bicyclic) bond motifs is 3. The summed E-state index contributed by atoms with van der Waals surface area (Å²) in [6.07, 6.45) is 0. The minimum Gasteiger partial charge on any atom is -0.268 e. The lowest BCUT2D eigenvalue weighted by atomic mass is 10.1. The first-order valence-corrected chi connectivity index (χ1v) is 10.7. The fourth-order valence-corrected chi connectivity index (χ4v) is 4.54. The molecule has 3 aromatic carbocycles. The van der Waals surface area contributed by atoms with Crippen LogP contribution in [0.4, 0.5) is 0 Å². The van der Waals surface area contributed by atoms with Gasteiger partial charge in [-0.05, 0) is 42.8 Å². The zero-order valence-electron chi connectivity index (χ0n) is 16.7. The Bertz CT molecular complexity index is 1530. The van der Waals surface area contributed by atoms with E-state index in [2.05, 4.69) is 16.3 Å². The average Bonchev–Trinajstić information content (AvgIpc) is 3.23. The molecule has 0 spiro atoms. The average molecular weight is 424 g/mol. The largest absolute Gasteiger partial charge is 0.268 e. The molecule has 2 aromatic heterocycles. The number of aryl methyl sites for hydroxylation is 1. The molecule has 0 aliphatic rings. The lowest BCUT2D eigenvalue weighted by molar-refractivity contribution is 0.930. The third-order valence-electron chi connectivity index (χ3n) is 5.18. The normalized spacial score (nSPS) is 11.1. The number of hydrogen-bond acceptors (Lipinski definition) is 5. The maximum absolute atomic E-state index is 13.3. The fraction of sp³-hybridized carbons (Fsp3) is 0.0833. The number of thioether (sulfide) groups is 1. The van der Waals surface area contributed by atoms with Crippen molar-refractivity contribution in [2.24, 2.45) is 0 Å². The zero-order valence-corrected chi connectivity index (χ0v) is 17.5. The first-order valence-electron chi connectivity index (χ1n) is 9.74. The summed E-state index contributed by atoms with van der Waals surface area (Å²) in [5.41, 5.74) is 4.05. The monoisotopic (exact) mass is 423 g/mol. The Morgan fingerprint density at radius 1 is 0.968 bits per heavy atom. The van der Waals surface area contributed by atoms with Crippen molar-refractivity contribution < 1.29 is 0 Å². The number of benzene rings is 3. The Morgan fingerprint density at radius 3 is 2.52 bits per heavy atom. The van der Waals surface area contributed by atoms with Crippen molar-refractivity contribution in [1.82, 2.24) is 19.2 Å². The molecule has 6 nitrogen and oxygen atoms in total. The van der Waals surface area contributed by atoms with E-state index in [4.69, 9.17) is 0 Å². The first kappa shape index (κ1) is 19.1. The molecule has 0 saturated heterocycles. The summed E-state index contributed by atoms with van der Waals surface area (Å²) in [5, 5.41) is 19.4. The van der Waals surface area contributed by atoms with Crippen molar-refractivity contribution in [2.75, 3.05) is 0 Å². The molecular weight excluding hydrogens is 406 g/mol. The second kappa shape index (κ2) is 7.74. The first-order chi connectivity index (χ1) is 15.2. The molecule has 31 heavy (non-hydrogen) atoms. The van der Waals surface area contributed by atoms with Gasteiger partial charge in [0.1, 0.15) is 0 Å². The second-order valence-electron chi connectivity index (χ2n) is 7.17. The number of para-hydroxylation sites is 1. The number of rotatable bonds is 4. The van der Waals surface area contributed by atoms with Crippen LogP contribution >= 0.6 is 11.8 Å². The van der Waals surface area contributed by atoms with E-state index in [-0.39, 0.29) is 5.56 Å². The van der Waals surface area contributed by atoms with Crippen LogP contribution in [0.1, 0.15) is 16.7 Å². The van der Waals surface area contributed by atoms with Gasteiger partial charge in [0.25, 0.3) is 5.56 Å². The molecule has 7 heteroatoms. The Labute approximate surface area is 182 Å². The highest BCUT2D eigenvalue weighted by atomic mass is 32.2. The maximum atomic E-state index is 13.3. The predicted molar refractivity (Wildman–Crippen MR) is 122 cm³/mol. The Kier molecular flexibility index (Phi) is 4.77. The van der Waals surface area contributed by atoms with Crippen molar-refractivity contribution in [2.45, 2.75) is 17.8 Å². The molecule has 0 fully saturated rings. The highest BCUT2D eigenvalue weighted by Crippen LogP contribution is 2.26. The van der Waals surface area contributed by atoms with E-state index in [0.717, 1.165) is 22.3 Å². The third-order valence-corrected chi connectivity index (χ3v) is 6.16. The topological polar surface area (TPSA) is 76.0 Å². The molecule has 0 radical (unpaired) electrons. The van der Waals surface area contributed by atoms with Crippen LogP contribution in [-0.4, -0.2) is 19.2 Å². The molecule has 0 aliphatic heterocycles. The van der Waals surface area contributed by atoms with Crippen LogP contribution in [0.15, 0.2) is 82.7 Å². The Morgan fingerprint density at radius 2 is 1.71 bits per heavy atom. The number of aromatic nitrogens is 4. The standard InChI is InChI=1S/C24H17N5OS/c1-16-10-12-19(13-11-16)28-22(30)20-8-4-5-9-21(20)29-23(28)26-27-24(29)31-15-18-7-3-2-6-17(18)14-25/h2-13H,15H2,1H3. The van der Waals surface area contributed by atoms with Crippen LogP contribution in [0, 0.1) is 18.3 Å². The van der Waals surface area contributed by atoms with Crippen LogP contribution in [0.2, 0.25) is 0 Å². The highest BCUT2D eigenvalue weighted by Gasteiger charge is 2.18. The lowest BCUT2D eigenvalue weighted by Gasteiger charge is -2.11. The predicted octanol–water partition coefficient (Wildman–Crippen LogP) is 4.51. The van der Waals surface area contributed by atoms with Gasteiger partial charge in [0.15, 0.2) is 5.16 Å². The van der Waals surface area contributed by atoms with Gasteiger partial charge in [0.05, 0.1) is 28.2 Å². The van der Waals surface area contributed by atoms with E-state index in [9.17, 15) is 10.1 Å². The van der Waals surface area contributed by atoms with E-state index >= 15 is 0 Å². The fourth-order valence-electron chi connectivity index (χ4n) is 3.60. The van der Waals surface area contributed by atoms with Gasteiger partial charge in [-0.25, -0.2) is 4.57 Å². The summed E-state index contributed by atoms with van der Waals surface area (Å²) in [6.45, 7) is 2.01. The smallest absolute Gasteiger partial charge is 0.267 e. The summed E-state index contributed by atoms with van der Waals surface area (Å²) in [6, 6.07) is 25.0. The van der Waals surface area contributed by atoms with E-state index in [1.165, 1.54) is 11.8 Å². The Balaban J connectivity index is 1.71. The van der Waals surface area contributed by atoms with Gasteiger partial charge in [-0.15, -0.1) is 10.2 Å². The molecule has 0 atom stereocenters. The SMILES string of the molecule is Cc1ccc(-n2c(=O)c3ccccc3n3c(SCc4ccccc4C#N)nnc23)cc1. The van der Waals surface area contributed by atoms with Gasteiger partial charge in [-0.3, -0.25) is 9.20 Å². The second-order valence-corrected chi connectivity index (χ2v) is 8.11. The van der Waals surface area contributed by atoms with Gasteiger partial charge in [0, 0.05) is 5.75 Å². The van der Waals surface area contributed by atoms with E-state index in [0.29, 0.717) is 27.6 Å². The van der Waals surface area contributed by atoms with E-state index in [1.807, 2.05) is 84.1 Å². The van der Waals surface area contributed by atoms with Crippen LogP contribution in [0.3, 0.4) is 0 Å². The summed E-state index contributed by atoms with van der Waals surface area (Å²) in [7, 11) is 0. The molecule has 0 aliphatic carbocycles. The van der Waals surface area contributed by atoms with Crippen LogP contribution < -0.4 is 5.56 Å². The quantitative estimate of drug-likeness (QED) is 0.398. The van der Waals surface area contributed by atoms with Gasteiger partial charge in [-0.2, -0.15) is 5.26 Å². The minimum atomic E-state index is -0.134. The highest BCUT2D eigenvalue weighted by molar-refractivity contribution is 7.98. The molecule has 0 saturated carbocycles. The van der Waals surface area contributed by atoms with Crippen molar-refractivity contribution >= 4 is 28.4 Å². The number of hydrogen-bond donors (Lipinski definition) is 0. The van der Waals surface area contributed by atoms with E-state index in [1.54, 1.807) is 4.57 Å². The van der Waals surface area contributed by atoms with Crippen LogP contribution in [0.5, 0.6) is 0 Å². The van der Waals surface area contributed by atoms with E-state index < -0.39 is 0 Å². The van der Waals surface area contributed by atoms with Gasteiger partial charge in [0.2, 0.25) is 5.78 Å². The van der Waals surface area contributed by atoms with Crippen molar-refractivity contribution in [3.8, 4) is 11.8 Å².